The van der Waals surface area contributed by atoms with Gasteiger partial charge in [-0.15, -0.1) is 0 Å². The second-order valence-corrected chi connectivity index (χ2v) is 6.52. The molecule has 28 heavy (non-hydrogen) atoms. The van der Waals surface area contributed by atoms with Crippen molar-refractivity contribution < 1.29 is 14.3 Å². The van der Waals surface area contributed by atoms with Crippen LogP contribution in [0.2, 0.25) is 5.02 Å². The molecule has 1 aromatic heterocycles. The molecule has 0 spiro atoms. The first-order valence-electron chi connectivity index (χ1n) is 8.85. The van der Waals surface area contributed by atoms with E-state index in [0.29, 0.717) is 22.3 Å². The number of ether oxygens (including phenoxy) is 2. The molecule has 2 aromatic carbocycles. The molecule has 0 aliphatic rings. The van der Waals surface area contributed by atoms with Crippen LogP contribution in [-0.2, 0) is 11.3 Å². The molecule has 3 rings (SSSR count). The number of hydrogen-bond acceptors (Lipinski definition) is 4. The van der Waals surface area contributed by atoms with Gasteiger partial charge in [-0.05, 0) is 42.8 Å². The third-order valence-corrected chi connectivity index (χ3v) is 4.57. The number of halogens is 1. The van der Waals surface area contributed by atoms with Crippen LogP contribution in [0.3, 0.4) is 0 Å². The van der Waals surface area contributed by atoms with Gasteiger partial charge in [-0.2, -0.15) is 0 Å². The summed E-state index contributed by atoms with van der Waals surface area (Å²) < 4.78 is 11.2. The van der Waals surface area contributed by atoms with Crippen LogP contribution in [0.5, 0.6) is 11.5 Å². The van der Waals surface area contributed by atoms with Crippen molar-refractivity contribution in [3.63, 3.8) is 0 Å². The minimum absolute atomic E-state index is 0.232. The van der Waals surface area contributed by atoms with Gasteiger partial charge in [0.15, 0.2) is 17.6 Å². The first-order chi connectivity index (χ1) is 13.6. The fraction of sp³-hybridized carbons (Fsp3) is 0.182. The normalized spacial score (nSPS) is 11.5. The van der Waals surface area contributed by atoms with E-state index >= 15 is 0 Å². The monoisotopic (exact) mass is 396 g/mol. The number of nitrogens with zero attached hydrogens (tertiary/aromatic N) is 2. The van der Waals surface area contributed by atoms with Crippen molar-refractivity contribution in [2.24, 2.45) is 0 Å². The van der Waals surface area contributed by atoms with Gasteiger partial charge in [0.2, 0.25) is 0 Å². The minimum Gasteiger partial charge on any atom is -0.493 e. The molecule has 5 nitrogen and oxygen atoms in total. The van der Waals surface area contributed by atoms with Gasteiger partial charge in [0.1, 0.15) is 5.82 Å². The minimum atomic E-state index is -0.749. The molecule has 0 bridgehead atoms. The highest BCUT2D eigenvalue weighted by atomic mass is 35.5. The van der Waals surface area contributed by atoms with E-state index in [2.05, 4.69) is 4.98 Å². The lowest BCUT2D eigenvalue weighted by Crippen LogP contribution is -2.40. The van der Waals surface area contributed by atoms with Gasteiger partial charge in [0.25, 0.3) is 5.91 Å². The lowest BCUT2D eigenvalue weighted by Gasteiger charge is -2.26. The lowest BCUT2D eigenvalue weighted by molar-refractivity contribution is -0.124. The highest BCUT2D eigenvalue weighted by Gasteiger charge is 2.26. The predicted molar refractivity (Wildman–Crippen MR) is 110 cm³/mol. The Bertz CT molecular complexity index is 934. The smallest absolute Gasteiger partial charge is 0.269 e. The number of methoxy groups -OCH3 is 1. The molecule has 1 amide bonds. The summed E-state index contributed by atoms with van der Waals surface area (Å²) in [7, 11) is 1.56. The Kier molecular flexibility index (Phi) is 6.50. The Balaban J connectivity index is 1.87. The summed E-state index contributed by atoms with van der Waals surface area (Å²) in [4.78, 5) is 19.1. The molecule has 0 radical (unpaired) electrons. The molecule has 1 atom stereocenters. The molecule has 0 aliphatic carbocycles. The number of anilines is 1. The van der Waals surface area contributed by atoms with Crippen LogP contribution in [-0.4, -0.2) is 24.1 Å². The summed E-state index contributed by atoms with van der Waals surface area (Å²) in [6.07, 6.45) is 0.898. The molecule has 0 fully saturated rings. The average Bonchev–Trinajstić information content (AvgIpc) is 2.73. The second kappa shape index (κ2) is 9.24. The zero-order valence-corrected chi connectivity index (χ0v) is 16.5. The number of carbonyl (C=O) groups is 1. The van der Waals surface area contributed by atoms with E-state index in [1.807, 2.05) is 36.4 Å². The van der Waals surface area contributed by atoms with Gasteiger partial charge >= 0.3 is 0 Å². The standard InChI is InChI=1S/C22H21ClN2O3/c1-16(28-20-12-6-5-11-19(20)27-2)22(26)25(21-13-7-8-14-24-21)15-17-9-3-4-10-18(17)23/h3-14,16H,15H2,1-2H3/t16-/m0/s1. The summed E-state index contributed by atoms with van der Waals surface area (Å²) in [5.41, 5.74) is 0.827. The predicted octanol–water partition coefficient (Wildman–Crippen LogP) is 4.74. The Labute approximate surface area is 169 Å². The van der Waals surface area contributed by atoms with Crippen LogP contribution < -0.4 is 14.4 Å². The van der Waals surface area contributed by atoms with Crippen molar-refractivity contribution >= 4 is 23.3 Å². The van der Waals surface area contributed by atoms with E-state index in [9.17, 15) is 4.79 Å². The van der Waals surface area contributed by atoms with Crippen LogP contribution in [0.25, 0.3) is 0 Å². The summed E-state index contributed by atoms with van der Waals surface area (Å²) >= 11 is 6.30. The number of carbonyl (C=O) groups excluding carboxylic acids is 1. The molecule has 0 N–H and O–H groups in total. The molecule has 144 valence electrons. The number of amides is 1. The zero-order valence-electron chi connectivity index (χ0n) is 15.7. The number of benzene rings is 2. The van der Waals surface area contributed by atoms with Crippen molar-refractivity contribution in [3.05, 3.63) is 83.5 Å². The van der Waals surface area contributed by atoms with Gasteiger partial charge in [0, 0.05) is 11.2 Å². The second-order valence-electron chi connectivity index (χ2n) is 6.11. The Hall–Kier alpha value is -3.05. The third kappa shape index (κ3) is 4.61. The maximum absolute atomic E-state index is 13.2. The van der Waals surface area contributed by atoms with E-state index < -0.39 is 6.10 Å². The Morgan fingerprint density at radius 3 is 2.39 bits per heavy atom. The number of aromatic nitrogens is 1. The number of hydrogen-bond donors (Lipinski definition) is 0. The molecule has 3 aromatic rings. The van der Waals surface area contributed by atoms with Gasteiger partial charge in [-0.1, -0.05) is 48.0 Å². The molecule has 1 heterocycles. The van der Waals surface area contributed by atoms with Gasteiger partial charge in [-0.25, -0.2) is 4.98 Å². The lowest BCUT2D eigenvalue weighted by atomic mass is 10.2. The SMILES string of the molecule is COc1ccccc1O[C@@H](C)C(=O)N(Cc1ccccc1Cl)c1ccccn1. The maximum Gasteiger partial charge on any atom is 0.269 e. The van der Waals surface area contributed by atoms with Gasteiger partial charge in [-0.3, -0.25) is 9.69 Å². The van der Waals surface area contributed by atoms with Crippen LogP contribution >= 0.6 is 11.6 Å². The highest BCUT2D eigenvalue weighted by molar-refractivity contribution is 6.31. The molecule has 0 unspecified atom stereocenters. The fourth-order valence-corrected chi connectivity index (χ4v) is 2.95. The Morgan fingerprint density at radius 1 is 1.04 bits per heavy atom. The van der Waals surface area contributed by atoms with E-state index in [1.165, 1.54) is 0 Å². The third-order valence-electron chi connectivity index (χ3n) is 4.20. The highest BCUT2D eigenvalue weighted by Crippen LogP contribution is 2.28. The van der Waals surface area contributed by atoms with Crippen molar-refractivity contribution in [2.45, 2.75) is 19.6 Å². The number of rotatable bonds is 7. The van der Waals surface area contributed by atoms with E-state index in [4.69, 9.17) is 21.1 Å². The largest absolute Gasteiger partial charge is 0.493 e. The van der Waals surface area contributed by atoms with Gasteiger partial charge in [0.05, 0.1) is 13.7 Å². The summed E-state index contributed by atoms with van der Waals surface area (Å²) in [5, 5.41) is 0.592. The van der Waals surface area contributed by atoms with E-state index in [1.54, 1.807) is 55.5 Å². The number of para-hydroxylation sites is 2. The van der Waals surface area contributed by atoms with Crippen molar-refractivity contribution in [3.8, 4) is 11.5 Å². The fourth-order valence-electron chi connectivity index (χ4n) is 2.76. The molecule has 6 heteroatoms. The van der Waals surface area contributed by atoms with Crippen LogP contribution in [0.4, 0.5) is 5.82 Å². The van der Waals surface area contributed by atoms with Gasteiger partial charge < -0.3 is 9.47 Å². The Morgan fingerprint density at radius 2 is 1.71 bits per heavy atom. The molecular weight excluding hydrogens is 376 g/mol. The van der Waals surface area contributed by atoms with Crippen LogP contribution in [0, 0.1) is 0 Å². The molecule has 0 saturated heterocycles. The first-order valence-corrected chi connectivity index (χ1v) is 9.23. The molecular formula is C22H21ClN2O3. The maximum atomic E-state index is 13.2. The van der Waals surface area contributed by atoms with Crippen LogP contribution in [0.15, 0.2) is 72.9 Å². The van der Waals surface area contributed by atoms with Crippen molar-refractivity contribution in [1.29, 1.82) is 0 Å². The summed E-state index contributed by atoms with van der Waals surface area (Å²) in [5.74, 6) is 1.37. The first kappa shape index (κ1) is 19.7. The average molecular weight is 397 g/mol. The topological polar surface area (TPSA) is 51.7 Å². The quantitative estimate of drug-likeness (QED) is 0.578. The van der Waals surface area contributed by atoms with E-state index in [0.717, 1.165) is 5.56 Å². The van der Waals surface area contributed by atoms with Crippen LogP contribution in [0.1, 0.15) is 12.5 Å². The molecule has 0 aliphatic heterocycles. The zero-order chi connectivity index (χ0) is 19.9. The van der Waals surface area contributed by atoms with Crippen molar-refractivity contribution in [2.75, 3.05) is 12.0 Å². The molecule has 0 saturated carbocycles. The number of pyridine rings is 1. The van der Waals surface area contributed by atoms with E-state index in [-0.39, 0.29) is 12.5 Å². The summed E-state index contributed by atoms with van der Waals surface area (Å²) in [6.45, 7) is 1.99. The summed E-state index contributed by atoms with van der Waals surface area (Å²) in [6, 6.07) is 20.1. The van der Waals surface area contributed by atoms with Crippen molar-refractivity contribution in [1.82, 2.24) is 4.98 Å².